The van der Waals surface area contributed by atoms with Gasteiger partial charge >= 0.3 is 0 Å². The second-order valence-electron chi connectivity index (χ2n) is 22.2. The topological polar surface area (TPSA) is 157 Å². The molecule has 7 heterocycles. The van der Waals surface area contributed by atoms with Gasteiger partial charge in [-0.05, 0) is 97.5 Å². The Morgan fingerprint density at radius 3 is 2.28 bits per heavy atom. The minimum absolute atomic E-state index is 0.0507. The third kappa shape index (κ3) is 13.2. The number of carbonyl (C=O) groups excluding carboxylic acids is 4. The van der Waals surface area contributed by atoms with Gasteiger partial charge in [-0.1, -0.05) is 95.3 Å². The average molecular weight is 1050 g/mol. The molecule has 3 saturated heterocycles. The number of imidazole rings is 1. The lowest BCUT2D eigenvalue weighted by molar-refractivity contribution is -0.145. The summed E-state index contributed by atoms with van der Waals surface area (Å²) in [5.74, 6) is 0.827. The minimum Gasteiger partial charge on any atom is -0.391 e. The number of hydrogen-bond donors (Lipinski definition) is 1. The van der Waals surface area contributed by atoms with Crippen LogP contribution < -0.4 is 9.80 Å². The number of unbranched alkanes of at least 4 members (excludes halogenated alkanes) is 6. The Labute approximate surface area is 450 Å². The van der Waals surface area contributed by atoms with Crippen LogP contribution in [0.25, 0.3) is 27.5 Å². The monoisotopic (exact) mass is 1050 g/mol. The Bertz CT molecular complexity index is 2960. The number of benzene rings is 2. The number of ketones is 2. The Morgan fingerprint density at radius 1 is 0.816 bits per heavy atom. The van der Waals surface area contributed by atoms with Crippen molar-refractivity contribution in [1.82, 2.24) is 34.4 Å². The number of aliphatic hydroxyl groups excluding tert-OH is 1. The molecule has 3 aliphatic heterocycles. The number of fused-ring (bicyclic) bond motifs is 1. The molecule has 3 fully saturated rings. The first-order valence-electron chi connectivity index (χ1n) is 27.6. The Hall–Kier alpha value is -6.39. The predicted molar refractivity (Wildman–Crippen MR) is 297 cm³/mol. The molecule has 76 heavy (non-hydrogen) atoms. The number of aliphatic hydroxyl groups is 1. The molecule has 6 aromatic rings. The molecule has 0 unspecified atom stereocenters. The second kappa shape index (κ2) is 24.7. The number of likely N-dealkylation sites (tertiary alicyclic amines) is 1. The van der Waals surface area contributed by atoms with Gasteiger partial charge in [0.15, 0.2) is 11.4 Å². The van der Waals surface area contributed by atoms with Crippen molar-refractivity contribution >= 4 is 52.0 Å². The molecule has 16 heteroatoms. The van der Waals surface area contributed by atoms with Crippen molar-refractivity contribution < 1.29 is 28.7 Å². The van der Waals surface area contributed by atoms with Crippen LogP contribution in [0.2, 0.25) is 0 Å². The zero-order valence-corrected chi connectivity index (χ0v) is 45.5. The molecule has 14 nitrogen and oxygen atoms in total. The number of hydrogen-bond acceptors (Lipinski definition) is 12. The summed E-state index contributed by atoms with van der Waals surface area (Å²) >= 11 is 1.60. The van der Waals surface area contributed by atoms with E-state index in [2.05, 4.69) is 31.9 Å². The van der Waals surface area contributed by atoms with Gasteiger partial charge in [-0.15, -0.1) is 16.4 Å². The van der Waals surface area contributed by atoms with Crippen molar-refractivity contribution in [2.75, 3.05) is 49.1 Å². The van der Waals surface area contributed by atoms with Crippen LogP contribution in [0.1, 0.15) is 134 Å². The predicted octanol–water partition coefficient (Wildman–Crippen LogP) is 10.6. The number of pyridine rings is 1. The van der Waals surface area contributed by atoms with E-state index < -0.39 is 23.5 Å². The summed E-state index contributed by atoms with van der Waals surface area (Å²) in [5.41, 5.74) is 7.70. The third-order valence-corrected chi connectivity index (χ3v) is 16.7. The number of nitrogens with zero attached hydrogens (tertiary/aromatic N) is 9. The number of halogens is 1. The van der Waals surface area contributed by atoms with Gasteiger partial charge in [0.25, 0.3) is 0 Å². The molecule has 0 spiro atoms. The molecule has 0 bridgehead atoms. The molecular formula is C60H74FN9O5S. The summed E-state index contributed by atoms with van der Waals surface area (Å²) in [6.07, 6.45) is 11.7. The summed E-state index contributed by atoms with van der Waals surface area (Å²) in [6.45, 7) is 11.5. The molecule has 3 aliphatic rings. The van der Waals surface area contributed by atoms with E-state index in [0.717, 1.165) is 120 Å². The highest BCUT2D eigenvalue weighted by Crippen LogP contribution is 2.37. The normalized spacial score (nSPS) is 18.5. The maximum absolute atomic E-state index is 14.2. The van der Waals surface area contributed by atoms with Crippen LogP contribution in [0.4, 0.5) is 16.0 Å². The fraction of sp³-hybridized carbons (Fsp3) is 0.500. The standard InChI is InChI=1S/C60H74FN9O5S/c1-41-58(76-40-63-41)43-25-22-42(23-26-43)24-27-53(73)51-37-47(72)39-69(51)59(75)48(60(2,3)4)36-46(71)17-10-8-6-5-7-9-11-21-57(74)67-33-31-66(32-34-67)55-20-13-18-49(64-55)52-38-62-54-28-29-56(65-70(52)54)68-30-14-19-50(68)44-15-12-16-45(61)35-44/h12-13,15-16,18,20,22-23,25-26,28-29,35,38,40,47-48,50-51,72H,5-11,14,17,19,21,24,27,30-34,36-37,39H2,1-4H3/t47-,48-,50-,51+/m1/s1. The van der Waals surface area contributed by atoms with E-state index in [1.807, 2.05) is 91.2 Å². The van der Waals surface area contributed by atoms with Gasteiger partial charge in [-0.2, -0.15) is 0 Å². The first-order valence-corrected chi connectivity index (χ1v) is 28.5. The summed E-state index contributed by atoms with van der Waals surface area (Å²) in [5, 5.41) is 15.7. The molecule has 4 aromatic heterocycles. The lowest BCUT2D eigenvalue weighted by Crippen LogP contribution is -2.49. The maximum atomic E-state index is 14.2. The Kier molecular flexibility index (Phi) is 17.7. The van der Waals surface area contributed by atoms with Crippen LogP contribution in [-0.4, -0.2) is 114 Å². The van der Waals surface area contributed by atoms with E-state index in [9.17, 15) is 28.7 Å². The van der Waals surface area contributed by atoms with Crippen molar-refractivity contribution in [3.63, 3.8) is 0 Å². The van der Waals surface area contributed by atoms with Gasteiger partial charge in [-0.3, -0.25) is 19.2 Å². The van der Waals surface area contributed by atoms with E-state index in [4.69, 9.17) is 10.1 Å². The van der Waals surface area contributed by atoms with Gasteiger partial charge in [-0.25, -0.2) is 23.9 Å². The zero-order chi connectivity index (χ0) is 53.3. The SMILES string of the molecule is Cc1ncsc1-c1ccc(CCC(=O)[C@@H]2C[C@@H](O)CN2C(=O)[C@@H](CC(=O)CCCCCCCCCC(=O)N2CCN(c3cccc(-c4cnc5ccc(N6CCC[C@@H]6c6cccc(F)c6)nn45)n3)CC2)C(C)(C)C)cc1. The van der Waals surface area contributed by atoms with Gasteiger partial charge in [0, 0.05) is 77.3 Å². The largest absolute Gasteiger partial charge is 0.391 e. The van der Waals surface area contributed by atoms with Crippen LogP contribution in [-0.2, 0) is 25.6 Å². The number of aryl methyl sites for hydroxylation is 2. The van der Waals surface area contributed by atoms with Crippen molar-refractivity contribution in [3.8, 4) is 21.8 Å². The van der Waals surface area contributed by atoms with Crippen LogP contribution in [0.3, 0.4) is 0 Å². The summed E-state index contributed by atoms with van der Waals surface area (Å²) in [4.78, 5) is 77.6. The highest BCUT2D eigenvalue weighted by Gasteiger charge is 2.44. The Balaban J connectivity index is 0.659. The molecule has 4 atom stereocenters. The smallest absolute Gasteiger partial charge is 0.227 e. The quantitative estimate of drug-likeness (QED) is 0.0645. The number of β-amino-alcohol motifs (C(OH)–C–C–N with tert-alkyl or cyclic N) is 1. The van der Waals surface area contributed by atoms with Gasteiger partial charge in [0.1, 0.15) is 28.9 Å². The molecular weight excluding hydrogens is 978 g/mol. The number of rotatable bonds is 22. The molecule has 2 aromatic carbocycles. The highest BCUT2D eigenvalue weighted by atomic mass is 32.1. The summed E-state index contributed by atoms with van der Waals surface area (Å²) in [6, 6.07) is 24.3. The molecule has 0 aliphatic carbocycles. The van der Waals surface area contributed by atoms with Crippen LogP contribution in [0, 0.1) is 24.1 Å². The highest BCUT2D eigenvalue weighted by molar-refractivity contribution is 7.13. The van der Waals surface area contributed by atoms with Gasteiger partial charge < -0.3 is 24.7 Å². The number of Topliss-reactive ketones (excluding diaryl/α,β-unsaturated/α-hetero) is 2. The number of piperazine rings is 1. The van der Waals surface area contributed by atoms with Gasteiger partial charge in [0.05, 0.1) is 46.2 Å². The summed E-state index contributed by atoms with van der Waals surface area (Å²) < 4.78 is 16.0. The van der Waals surface area contributed by atoms with Gasteiger partial charge in [0.2, 0.25) is 11.8 Å². The van der Waals surface area contributed by atoms with E-state index in [0.29, 0.717) is 45.4 Å². The maximum Gasteiger partial charge on any atom is 0.227 e. The van der Waals surface area contributed by atoms with E-state index in [1.165, 1.54) is 6.07 Å². The Morgan fingerprint density at radius 2 is 1.55 bits per heavy atom. The first kappa shape index (κ1) is 54.4. The molecule has 2 amide bonds. The van der Waals surface area contributed by atoms with Crippen LogP contribution in [0.5, 0.6) is 0 Å². The average Bonchev–Trinajstić information content (AvgIpc) is 4.27. The second-order valence-corrected chi connectivity index (χ2v) is 23.1. The fourth-order valence-corrected chi connectivity index (χ4v) is 12.2. The zero-order valence-electron chi connectivity index (χ0n) is 44.7. The minimum atomic E-state index is -0.773. The molecule has 1 N–H and O–H groups in total. The fourth-order valence-electron chi connectivity index (χ4n) is 11.4. The van der Waals surface area contributed by atoms with Crippen LogP contribution in [0.15, 0.2) is 90.6 Å². The lowest BCUT2D eigenvalue weighted by Gasteiger charge is -2.35. The van der Waals surface area contributed by atoms with E-state index in [1.54, 1.807) is 34.6 Å². The number of aromatic nitrogens is 5. The molecule has 0 radical (unpaired) electrons. The first-order chi connectivity index (χ1) is 36.7. The molecule has 9 rings (SSSR count). The summed E-state index contributed by atoms with van der Waals surface area (Å²) in [7, 11) is 0. The molecule has 0 saturated carbocycles. The van der Waals surface area contributed by atoms with E-state index in [-0.39, 0.29) is 61.0 Å². The van der Waals surface area contributed by atoms with Crippen molar-refractivity contribution in [2.24, 2.45) is 11.3 Å². The number of carbonyl (C=O) groups is 4. The number of thiazole rings is 1. The van der Waals surface area contributed by atoms with Crippen molar-refractivity contribution in [3.05, 3.63) is 113 Å². The van der Waals surface area contributed by atoms with Crippen molar-refractivity contribution in [2.45, 2.75) is 142 Å². The number of amides is 2. The number of anilines is 2. The molecule has 402 valence electrons. The van der Waals surface area contributed by atoms with Crippen LogP contribution >= 0.6 is 11.3 Å². The lowest BCUT2D eigenvalue weighted by atomic mass is 9.76. The van der Waals surface area contributed by atoms with E-state index >= 15 is 0 Å². The van der Waals surface area contributed by atoms with Crippen molar-refractivity contribution in [1.29, 1.82) is 0 Å². The third-order valence-electron chi connectivity index (χ3n) is 15.8.